The van der Waals surface area contributed by atoms with E-state index < -0.39 is 10.0 Å². The van der Waals surface area contributed by atoms with Crippen molar-refractivity contribution >= 4 is 33.4 Å². The molecule has 1 aromatic carbocycles. The lowest BCUT2D eigenvalue weighted by molar-refractivity contribution is -0.139. The van der Waals surface area contributed by atoms with Crippen molar-refractivity contribution in [1.29, 1.82) is 0 Å². The second kappa shape index (κ2) is 12.2. The Hall–Kier alpha value is -2.72. The van der Waals surface area contributed by atoms with Gasteiger partial charge in [-0.2, -0.15) is 0 Å². The van der Waals surface area contributed by atoms with Crippen molar-refractivity contribution in [1.82, 2.24) is 14.5 Å². The number of anilines is 1. The standard InChI is InChI=1S/C27H40N4O5S/c1-18(2)26-15-22(16-27(34)31-12-10-30(11-13-31)21(5)33)19(3)14-23(26)17-28-37(35,36)25-8-6-24(7-9-25)29-20(4)32/h6-9,14,18,22-23,26,28H,10-13,15-17H2,1-5H3,(H,29,32). The molecule has 1 heterocycles. The Balaban J connectivity index is 1.63. The molecule has 3 unspecified atom stereocenters. The molecule has 3 amide bonds. The fraction of sp³-hybridized carbons (Fsp3) is 0.593. The zero-order valence-electron chi connectivity index (χ0n) is 22.5. The largest absolute Gasteiger partial charge is 0.339 e. The van der Waals surface area contributed by atoms with Crippen LogP contribution >= 0.6 is 0 Å². The first-order valence-corrected chi connectivity index (χ1v) is 14.4. The Morgan fingerprint density at radius 2 is 1.59 bits per heavy atom. The number of hydrogen-bond acceptors (Lipinski definition) is 5. The molecule has 1 fully saturated rings. The fourth-order valence-electron chi connectivity index (χ4n) is 5.33. The first-order valence-electron chi connectivity index (χ1n) is 13.0. The predicted octanol–water partition coefficient (Wildman–Crippen LogP) is 2.86. The van der Waals surface area contributed by atoms with Crippen LogP contribution in [-0.2, 0) is 24.4 Å². The summed E-state index contributed by atoms with van der Waals surface area (Å²) in [5.74, 6) is 0.655. The number of nitrogens with one attached hydrogen (secondary N) is 2. The lowest BCUT2D eigenvalue weighted by Crippen LogP contribution is -2.50. The van der Waals surface area contributed by atoms with Crippen molar-refractivity contribution in [3.8, 4) is 0 Å². The van der Waals surface area contributed by atoms with E-state index in [1.54, 1.807) is 24.0 Å². The van der Waals surface area contributed by atoms with Gasteiger partial charge in [-0.15, -0.1) is 0 Å². The molecule has 37 heavy (non-hydrogen) atoms. The summed E-state index contributed by atoms with van der Waals surface area (Å²) in [6, 6.07) is 6.10. The van der Waals surface area contributed by atoms with Crippen LogP contribution in [0.1, 0.15) is 47.5 Å². The third-order valence-electron chi connectivity index (χ3n) is 7.58. The zero-order chi connectivity index (χ0) is 27.3. The fourth-order valence-corrected chi connectivity index (χ4v) is 6.40. The van der Waals surface area contributed by atoms with E-state index in [1.807, 2.05) is 11.8 Å². The SMILES string of the molecule is CC(=O)Nc1ccc(S(=O)(=O)NCC2C=C(C)C(CC(=O)N3CCN(C(C)=O)CC3)CC2C(C)C)cc1. The third kappa shape index (κ3) is 7.64. The predicted molar refractivity (Wildman–Crippen MR) is 143 cm³/mol. The second-order valence-corrected chi connectivity index (χ2v) is 12.3. The molecule has 1 aromatic rings. The van der Waals surface area contributed by atoms with E-state index in [1.165, 1.54) is 19.1 Å². The number of allylic oxidation sites excluding steroid dienone is 1. The van der Waals surface area contributed by atoms with E-state index in [2.05, 4.69) is 30.0 Å². The van der Waals surface area contributed by atoms with Gasteiger partial charge in [0.15, 0.2) is 0 Å². The summed E-state index contributed by atoms with van der Waals surface area (Å²) in [6.45, 7) is 11.8. The molecular formula is C27H40N4O5S. The van der Waals surface area contributed by atoms with Crippen molar-refractivity contribution < 1.29 is 22.8 Å². The number of rotatable bonds is 8. The number of amides is 3. The molecular weight excluding hydrogens is 492 g/mol. The van der Waals surface area contributed by atoms with Crippen molar-refractivity contribution in [2.24, 2.45) is 23.7 Å². The Labute approximate surface area is 220 Å². The number of hydrogen-bond donors (Lipinski definition) is 2. The van der Waals surface area contributed by atoms with E-state index >= 15 is 0 Å². The maximum absolute atomic E-state index is 13.0. The number of carbonyl (C=O) groups is 3. The van der Waals surface area contributed by atoms with E-state index in [9.17, 15) is 22.8 Å². The molecule has 2 aliphatic rings. The topological polar surface area (TPSA) is 116 Å². The molecule has 0 bridgehead atoms. The van der Waals surface area contributed by atoms with Gasteiger partial charge in [0.1, 0.15) is 0 Å². The van der Waals surface area contributed by atoms with Gasteiger partial charge >= 0.3 is 0 Å². The number of piperazine rings is 1. The molecule has 0 radical (unpaired) electrons. The molecule has 9 nitrogen and oxygen atoms in total. The summed E-state index contributed by atoms with van der Waals surface area (Å²) in [4.78, 5) is 39.6. The second-order valence-electron chi connectivity index (χ2n) is 10.6. The van der Waals surface area contributed by atoms with Crippen LogP contribution in [0.2, 0.25) is 0 Å². The smallest absolute Gasteiger partial charge is 0.240 e. The normalized spacial score (nSPS) is 22.5. The van der Waals surface area contributed by atoms with Gasteiger partial charge in [0.2, 0.25) is 27.7 Å². The molecule has 1 saturated heterocycles. The Morgan fingerprint density at radius 3 is 2.14 bits per heavy atom. The van der Waals surface area contributed by atoms with Gasteiger partial charge in [-0.25, -0.2) is 13.1 Å². The molecule has 1 aliphatic carbocycles. The van der Waals surface area contributed by atoms with Gasteiger partial charge in [0.05, 0.1) is 4.90 Å². The highest BCUT2D eigenvalue weighted by Gasteiger charge is 2.34. The van der Waals surface area contributed by atoms with Crippen LogP contribution < -0.4 is 10.0 Å². The molecule has 0 spiro atoms. The summed E-state index contributed by atoms with van der Waals surface area (Å²) >= 11 is 0. The van der Waals surface area contributed by atoms with E-state index in [0.717, 1.165) is 12.0 Å². The van der Waals surface area contributed by atoms with Gasteiger partial charge in [-0.1, -0.05) is 25.5 Å². The van der Waals surface area contributed by atoms with Crippen LogP contribution in [0.4, 0.5) is 5.69 Å². The van der Waals surface area contributed by atoms with E-state index in [4.69, 9.17) is 0 Å². The minimum atomic E-state index is -3.71. The van der Waals surface area contributed by atoms with Gasteiger partial charge in [0.25, 0.3) is 0 Å². The Bertz CT molecular complexity index is 1120. The molecule has 3 rings (SSSR count). The van der Waals surface area contributed by atoms with Crippen LogP contribution in [0.15, 0.2) is 40.8 Å². The molecule has 1 aliphatic heterocycles. The monoisotopic (exact) mass is 532 g/mol. The Morgan fingerprint density at radius 1 is 1.00 bits per heavy atom. The number of nitrogens with zero attached hydrogens (tertiary/aromatic N) is 2. The van der Waals surface area contributed by atoms with E-state index in [-0.39, 0.29) is 46.9 Å². The molecule has 10 heteroatoms. The number of sulfonamides is 1. The number of carbonyl (C=O) groups excluding carboxylic acids is 3. The first-order chi connectivity index (χ1) is 17.4. The summed E-state index contributed by atoms with van der Waals surface area (Å²) in [5.41, 5.74) is 1.66. The lowest BCUT2D eigenvalue weighted by atomic mass is 9.70. The summed E-state index contributed by atoms with van der Waals surface area (Å²) in [6.07, 6.45) is 3.41. The third-order valence-corrected chi connectivity index (χ3v) is 9.02. The van der Waals surface area contributed by atoms with Gasteiger partial charge in [-0.05, 0) is 61.3 Å². The van der Waals surface area contributed by atoms with Crippen LogP contribution in [0.25, 0.3) is 0 Å². The van der Waals surface area contributed by atoms with E-state index in [0.29, 0.717) is 44.2 Å². The van der Waals surface area contributed by atoms with Crippen molar-refractivity contribution in [2.45, 2.75) is 52.4 Å². The van der Waals surface area contributed by atoms with Crippen LogP contribution in [0, 0.1) is 23.7 Å². The molecule has 0 aromatic heterocycles. The molecule has 2 N–H and O–H groups in total. The molecule has 204 valence electrons. The lowest BCUT2D eigenvalue weighted by Gasteiger charge is -2.39. The Kier molecular flexibility index (Phi) is 9.52. The summed E-state index contributed by atoms with van der Waals surface area (Å²) < 4.78 is 28.6. The zero-order valence-corrected chi connectivity index (χ0v) is 23.3. The van der Waals surface area contributed by atoms with Gasteiger partial charge < -0.3 is 15.1 Å². The first kappa shape index (κ1) is 28.8. The summed E-state index contributed by atoms with van der Waals surface area (Å²) in [5, 5.41) is 2.63. The minimum Gasteiger partial charge on any atom is -0.339 e. The van der Waals surface area contributed by atoms with Crippen LogP contribution in [0.3, 0.4) is 0 Å². The quantitative estimate of drug-likeness (QED) is 0.500. The van der Waals surface area contributed by atoms with Gasteiger partial charge in [0, 0.05) is 58.7 Å². The number of benzene rings is 1. The van der Waals surface area contributed by atoms with Crippen LogP contribution in [-0.4, -0.2) is 68.7 Å². The average molecular weight is 533 g/mol. The van der Waals surface area contributed by atoms with Crippen molar-refractivity contribution in [3.05, 3.63) is 35.9 Å². The molecule has 3 atom stereocenters. The minimum absolute atomic E-state index is 0.0268. The highest BCUT2D eigenvalue weighted by atomic mass is 32.2. The highest BCUT2D eigenvalue weighted by Crippen LogP contribution is 2.39. The molecule has 0 saturated carbocycles. The average Bonchev–Trinajstić information content (AvgIpc) is 2.84. The van der Waals surface area contributed by atoms with Crippen molar-refractivity contribution in [2.75, 3.05) is 38.0 Å². The highest BCUT2D eigenvalue weighted by molar-refractivity contribution is 7.89. The van der Waals surface area contributed by atoms with Gasteiger partial charge in [-0.3, -0.25) is 14.4 Å². The van der Waals surface area contributed by atoms with Crippen LogP contribution in [0.5, 0.6) is 0 Å². The summed E-state index contributed by atoms with van der Waals surface area (Å²) in [7, 11) is -3.71. The maximum Gasteiger partial charge on any atom is 0.240 e. The van der Waals surface area contributed by atoms with Crippen molar-refractivity contribution in [3.63, 3.8) is 0 Å². The maximum atomic E-state index is 13.0.